The van der Waals surface area contributed by atoms with Gasteiger partial charge in [-0.05, 0) is 25.3 Å². The van der Waals surface area contributed by atoms with E-state index in [1.807, 2.05) is 16.9 Å². The van der Waals surface area contributed by atoms with Crippen molar-refractivity contribution >= 4 is 5.96 Å². The van der Waals surface area contributed by atoms with Crippen molar-refractivity contribution in [3.05, 3.63) is 30.1 Å². The number of hydrogen-bond donors (Lipinski definition) is 2. The minimum atomic E-state index is 0.645. The van der Waals surface area contributed by atoms with Gasteiger partial charge in [0.1, 0.15) is 5.82 Å². The van der Waals surface area contributed by atoms with Crippen molar-refractivity contribution in [1.29, 1.82) is 0 Å². The molecule has 2 N–H and O–H groups in total. The highest BCUT2D eigenvalue weighted by Crippen LogP contribution is 2.13. The van der Waals surface area contributed by atoms with Crippen molar-refractivity contribution in [3.63, 3.8) is 0 Å². The van der Waals surface area contributed by atoms with Crippen LogP contribution < -0.4 is 10.6 Å². The molecule has 3 heterocycles. The van der Waals surface area contributed by atoms with Crippen LogP contribution in [0.1, 0.15) is 30.9 Å². The summed E-state index contributed by atoms with van der Waals surface area (Å²) in [6.07, 6.45) is 8.22. The number of nitrogens with one attached hydrogen (secondary N) is 2. The molecule has 0 saturated heterocycles. The average Bonchev–Trinajstić information content (AvgIpc) is 3.24. The maximum Gasteiger partial charge on any atom is 0.191 e. The Kier molecular flexibility index (Phi) is 5.23. The molecule has 0 spiro atoms. The van der Waals surface area contributed by atoms with Gasteiger partial charge in [-0.2, -0.15) is 5.10 Å². The van der Waals surface area contributed by atoms with Crippen molar-refractivity contribution < 1.29 is 0 Å². The SMILES string of the molecule is CN=C(NCCCn1cccn1)NCc1nnc2n1CCCC2. The number of aromatic nitrogens is 5. The summed E-state index contributed by atoms with van der Waals surface area (Å²) < 4.78 is 4.15. The molecule has 23 heavy (non-hydrogen) atoms. The topological polar surface area (TPSA) is 84.9 Å². The number of aryl methyl sites for hydroxylation is 2. The third kappa shape index (κ3) is 4.08. The van der Waals surface area contributed by atoms with E-state index in [0.717, 1.165) is 50.1 Å². The molecule has 8 nitrogen and oxygen atoms in total. The number of aliphatic imine (C=N–C) groups is 1. The zero-order chi connectivity index (χ0) is 15.9. The molecular weight excluding hydrogens is 292 g/mol. The maximum atomic E-state index is 4.29. The van der Waals surface area contributed by atoms with E-state index < -0.39 is 0 Å². The van der Waals surface area contributed by atoms with Gasteiger partial charge in [0.2, 0.25) is 0 Å². The van der Waals surface area contributed by atoms with E-state index in [-0.39, 0.29) is 0 Å². The third-order valence-corrected chi connectivity index (χ3v) is 3.99. The number of fused-ring (bicyclic) bond motifs is 1. The summed E-state index contributed by atoms with van der Waals surface area (Å²) in [5.74, 6) is 2.88. The van der Waals surface area contributed by atoms with E-state index in [2.05, 4.69) is 35.5 Å². The van der Waals surface area contributed by atoms with Gasteiger partial charge in [-0.1, -0.05) is 0 Å². The van der Waals surface area contributed by atoms with Gasteiger partial charge in [0, 0.05) is 45.5 Å². The van der Waals surface area contributed by atoms with Gasteiger partial charge >= 0.3 is 0 Å². The van der Waals surface area contributed by atoms with Crippen LogP contribution in [0.25, 0.3) is 0 Å². The van der Waals surface area contributed by atoms with Gasteiger partial charge in [-0.3, -0.25) is 9.67 Å². The molecule has 1 aliphatic heterocycles. The van der Waals surface area contributed by atoms with Gasteiger partial charge in [0.25, 0.3) is 0 Å². The molecular formula is C15H24N8. The summed E-state index contributed by atoms with van der Waals surface area (Å²) in [7, 11) is 1.78. The van der Waals surface area contributed by atoms with Crippen LogP contribution in [0.2, 0.25) is 0 Å². The van der Waals surface area contributed by atoms with Crippen molar-refractivity contribution in [3.8, 4) is 0 Å². The second-order valence-corrected chi connectivity index (χ2v) is 5.62. The highest BCUT2D eigenvalue weighted by molar-refractivity contribution is 5.79. The molecule has 8 heteroatoms. The highest BCUT2D eigenvalue weighted by Gasteiger charge is 2.15. The van der Waals surface area contributed by atoms with Crippen molar-refractivity contribution in [2.75, 3.05) is 13.6 Å². The third-order valence-electron chi connectivity index (χ3n) is 3.99. The van der Waals surface area contributed by atoms with Gasteiger partial charge in [0.05, 0.1) is 6.54 Å². The number of rotatable bonds is 6. The van der Waals surface area contributed by atoms with Crippen LogP contribution in [-0.4, -0.2) is 44.1 Å². The zero-order valence-electron chi connectivity index (χ0n) is 13.6. The largest absolute Gasteiger partial charge is 0.356 e. The molecule has 0 aromatic carbocycles. The molecule has 0 unspecified atom stereocenters. The summed E-state index contributed by atoms with van der Waals surface area (Å²) in [6, 6.07) is 1.94. The Morgan fingerprint density at radius 3 is 3.09 bits per heavy atom. The second kappa shape index (κ2) is 7.75. The monoisotopic (exact) mass is 316 g/mol. The van der Waals surface area contributed by atoms with Crippen LogP contribution in [0.3, 0.4) is 0 Å². The Morgan fingerprint density at radius 2 is 2.26 bits per heavy atom. The van der Waals surface area contributed by atoms with Gasteiger partial charge in [0.15, 0.2) is 11.8 Å². The first-order chi connectivity index (χ1) is 11.4. The molecule has 0 fully saturated rings. The molecule has 0 aliphatic carbocycles. The Balaban J connectivity index is 1.42. The molecule has 0 atom stereocenters. The van der Waals surface area contributed by atoms with E-state index in [0.29, 0.717) is 6.54 Å². The summed E-state index contributed by atoms with van der Waals surface area (Å²) in [5, 5.41) is 19.4. The van der Waals surface area contributed by atoms with Crippen molar-refractivity contribution in [1.82, 2.24) is 35.2 Å². The molecule has 2 aromatic rings. The standard InChI is InChI=1S/C15H24N8/c1-16-15(17-7-4-9-22-10-5-8-19-22)18-12-14-21-20-13-6-2-3-11-23(13)14/h5,8,10H,2-4,6-7,9,11-12H2,1H3,(H2,16,17,18). The lowest BCUT2D eigenvalue weighted by molar-refractivity contribution is 0.504. The molecule has 2 aromatic heterocycles. The summed E-state index contributed by atoms with van der Waals surface area (Å²) in [5.41, 5.74) is 0. The smallest absolute Gasteiger partial charge is 0.191 e. The molecule has 0 amide bonds. The van der Waals surface area contributed by atoms with Crippen LogP contribution in [0.5, 0.6) is 0 Å². The Morgan fingerprint density at radius 1 is 1.30 bits per heavy atom. The van der Waals surface area contributed by atoms with Gasteiger partial charge in [-0.15, -0.1) is 10.2 Å². The number of guanidine groups is 1. The fourth-order valence-corrected chi connectivity index (χ4v) is 2.76. The van der Waals surface area contributed by atoms with Crippen molar-refractivity contribution in [2.45, 2.75) is 45.3 Å². The fraction of sp³-hybridized carbons (Fsp3) is 0.600. The minimum Gasteiger partial charge on any atom is -0.356 e. The molecule has 1 aliphatic rings. The predicted molar refractivity (Wildman–Crippen MR) is 88.0 cm³/mol. The Hall–Kier alpha value is -2.38. The van der Waals surface area contributed by atoms with E-state index in [1.165, 1.54) is 12.8 Å². The van der Waals surface area contributed by atoms with Crippen LogP contribution in [0.15, 0.2) is 23.5 Å². The summed E-state index contributed by atoms with van der Waals surface area (Å²) >= 11 is 0. The average molecular weight is 316 g/mol. The summed E-state index contributed by atoms with van der Waals surface area (Å²) in [4.78, 5) is 4.25. The van der Waals surface area contributed by atoms with Crippen molar-refractivity contribution in [2.24, 2.45) is 4.99 Å². The number of nitrogens with zero attached hydrogens (tertiary/aromatic N) is 6. The quantitative estimate of drug-likeness (QED) is 0.462. The molecule has 124 valence electrons. The van der Waals surface area contributed by atoms with Gasteiger partial charge < -0.3 is 15.2 Å². The second-order valence-electron chi connectivity index (χ2n) is 5.62. The van der Waals surface area contributed by atoms with E-state index in [1.54, 1.807) is 13.2 Å². The van der Waals surface area contributed by atoms with Crippen LogP contribution >= 0.6 is 0 Å². The zero-order valence-corrected chi connectivity index (χ0v) is 13.6. The first-order valence-electron chi connectivity index (χ1n) is 8.19. The first-order valence-corrected chi connectivity index (χ1v) is 8.19. The Bertz CT molecular complexity index is 628. The minimum absolute atomic E-state index is 0.645. The highest BCUT2D eigenvalue weighted by atomic mass is 15.3. The molecule has 0 radical (unpaired) electrons. The van der Waals surface area contributed by atoms with E-state index in [4.69, 9.17) is 0 Å². The normalized spacial score (nSPS) is 14.6. The predicted octanol–water partition coefficient (Wildman–Crippen LogP) is 0.566. The molecule has 0 saturated carbocycles. The lowest BCUT2D eigenvalue weighted by atomic mass is 10.2. The fourth-order valence-electron chi connectivity index (χ4n) is 2.76. The lowest BCUT2D eigenvalue weighted by Crippen LogP contribution is -2.38. The van der Waals surface area contributed by atoms with E-state index in [9.17, 15) is 0 Å². The van der Waals surface area contributed by atoms with Crippen LogP contribution in [-0.2, 0) is 26.1 Å². The summed E-state index contributed by atoms with van der Waals surface area (Å²) in [6.45, 7) is 3.41. The number of hydrogen-bond acceptors (Lipinski definition) is 4. The van der Waals surface area contributed by atoms with Crippen LogP contribution in [0.4, 0.5) is 0 Å². The molecule has 0 bridgehead atoms. The maximum absolute atomic E-state index is 4.29. The van der Waals surface area contributed by atoms with E-state index >= 15 is 0 Å². The molecule has 3 rings (SSSR count). The first kappa shape index (κ1) is 15.5. The lowest BCUT2D eigenvalue weighted by Gasteiger charge is -2.16. The van der Waals surface area contributed by atoms with Gasteiger partial charge in [-0.25, -0.2) is 0 Å². The Labute approximate surface area is 136 Å². The van der Waals surface area contributed by atoms with Crippen LogP contribution in [0, 0.1) is 0 Å².